The Hall–Kier alpha value is -2.93. The molecule has 7 heteroatoms. The summed E-state index contributed by atoms with van der Waals surface area (Å²) in [5.74, 6) is -0.0866. The monoisotopic (exact) mass is 386 g/mol. The van der Waals surface area contributed by atoms with Crippen LogP contribution in [-0.2, 0) is 0 Å². The Labute approximate surface area is 145 Å². The van der Waals surface area contributed by atoms with Crippen LogP contribution in [0.5, 0.6) is 0 Å². The predicted molar refractivity (Wildman–Crippen MR) is 92.9 cm³/mol. The van der Waals surface area contributed by atoms with Crippen molar-refractivity contribution in [3.05, 3.63) is 81.0 Å². The topological polar surface area (TPSA) is 85.4 Å². The fraction of sp³-hybridized carbons (Fsp3) is 0. The van der Waals surface area contributed by atoms with Gasteiger partial charge in [-0.15, -0.1) is 0 Å². The molecule has 24 heavy (non-hydrogen) atoms. The van der Waals surface area contributed by atoms with Crippen molar-refractivity contribution < 1.29 is 14.1 Å². The molecule has 3 aromatic rings. The van der Waals surface area contributed by atoms with Gasteiger partial charge in [0.2, 0.25) is 0 Å². The highest BCUT2D eigenvalue weighted by molar-refractivity contribution is 9.10. The van der Waals surface area contributed by atoms with Gasteiger partial charge >= 0.3 is 0 Å². The lowest BCUT2D eigenvalue weighted by atomic mass is 10.1. The van der Waals surface area contributed by atoms with Crippen molar-refractivity contribution in [1.82, 2.24) is 0 Å². The number of para-hydroxylation sites is 1. The number of halogens is 1. The Morgan fingerprint density at radius 2 is 1.75 bits per heavy atom. The van der Waals surface area contributed by atoms with Crippen LogP contribution in [0.25, 0.3) is 11.3 Å². The number of hydrogen-bond donors (Lipinski definition) is 1. The summed E-state index contributed by atoms with van der Waals surface area (Å²) in [6.07, 6.45) is 0. The average Bonchev–Trinajstić information content (AvgIpc) is 3.07. The average molecular weight is 387 g/mol. The number of furan rings is 1. The number of nitro benzene ring substituents is 1. The van der Waals surface area contributed by atoms with E-state index >= 15 is 0 Å². The third-order valence-corrected chi connectivity index (χ3v) is 3.83. The highest BCUT2D eigenvalue weighted by Gasteiger charge is 2.19. The van der Waals surface area contributed by atoms with Gasteiger partial charge in [-0.1, -0.05) is 28.1 Å². The maximum Gasteiger partial charge on any atom is 0.291 e. The Morgan fingerprint density at radius 1 is 1.04 bits per heavy atom. The van der Waals surface area contributed by atoms with Gasteiger partial charge in [0, 0.05) is 16.2 Å². The molecule has 2 aromatic carbocycles. The van der Waals surface area contributed by atoms with E-state index in [1.165, 1.54) is 12.1 Å². The third kappa shape index (κ3) is 3.36. The van der Waals surface area contributed by atoms with Crippen LogP contribution in [0.3, 0.4) is 0 Å². The largest absolute Gasteiger partial charge is 0.451 e. The summed E-state index contributed by atoms with van der Waals surface area (Å²) in [6.45, 7) is 0. The van der Waals surface area contributed by atoms with E-state index in [1.54, 1.807) is 48.5 Å². The summed E-state index contributed by atoms with van der Waals surface area (Å²) in [6, 6.07) is 16.3. The van der Waals surface area contributed by atoms with Crippen LogP contribution in [0.2, 0.25) is 0 Å². The van der Waals surface area contributed by atoms with Crippen molar-refractivity contribution >= 4 is 33.2 Å². The van der Waals surface area contributed by atoms with E-state index in [0.717, 1.165) is 4.47 Å². The zero-order chi connectivity index (χ0) is 17.1. The van der Waals surface area contributed by atoms with E-state index in [-0.39, 0.29) is 17.2 Å². The maximum atomic E-state index is 12.2. The standard InChI is InChI=1S/C17H11BrN2O4/c18-11-5-7-12(8-6-11)19-17(21)16-10-9-15(24-16)13-3-1-2-4-14(13)20(22)23/h1-10H,(H,19,21). The van der Waals surface area contributed by atoms with Crippen molar-refractivity contribution in [2.75, 3.05) is 5.32 Å². The van der Waals surface area contributed by atoms with E-state index in [2.05, 4.69) is 21.2 Å². The molecule has 0 saturated heterocycles. The summed E-state index contributed by atoms with van der Waals surface area (Å²) < 4.78 is 6.39. The molecule has 0 spiro atoms. The number of benzene rings is 2. The summed E-state index contributed by atoms with van der Waals surface area (Å²) in [5.41, 5.74) is 0.865. The Kier molecular flexibility index (Phi) is 4.43. The second kappa shape index (κ2) is 6.67. The number of carbonyl (C=O) groups excluding carboxylic acids is 1. The summed E-state index contributed by atoms with van der Waals surface area (Å²) in [5, 5.41) is 13.8. The molecule has 0 bridgehead atoms. The molecule has 0 saturated carbocycles. The summed E-state index contributed by atoms with van der Waals surface area (Å²) in [4.78, 5) is 22.8. The molecule has 0 unspecified atom stereocenters. The third-order valence-electron chi connectivity index (χ3n) is 3.30. The second-order valence-electron chi connectivity index (χ2n) is 4.90. The van der Waals surface area contributed by atoms with Gasteiger partial charge in [-0.25, -0.2) is 0 Å². The minimum absolute atomic E-state index is 0.0751. The van der Waals surface area contributed by atoms with Crippen LogP contribution < -0.4 is 5.32 Å². The lowest BCUT2D eigenvalue weighted by molar-refractivity contribution is -0.384. The van der Waals surface area contributed by atoms with Crippen molar-refractivity contribution in [3.63, 3.8) is 0 Å². The number of amides is 1. The molecule has 0 radical (unpaired) electrons. The molecule has 1 N–H and O–H groups in total. The quantitative estimate of drug-likeness (QED) is 0.511. The molecule has 0 fully saturated rings. The fourth-order valence-corrected chi connectivity index (χ4v) is 2.44. The van der Waals surface area contributed by atoms with Gasteiger partial charge in [-0.05, 0) is 42.5 Å². The van der Waals surface area contributed by atoms with Crippen LogP contribution >= 0.6 is 15.9 Å². The molecule has 120 valence electrons. The molecule has 1 amide bonds. The molecular weight excluding hydrogens is 376 g/mol. The number of nitrogens with zero attached hydrogens (tertiary/aromatic N) is 1. The lowest BCUT2D eigenvalue weighted by Gasteiger charge is -2.03. The number of nitrogens with one attached hydrogen (secondary N) is 1. The van der Waals surface area contributed by atoms with Crippen LogP contribution in [-0.4, -0.2) is 10.8 Å². The van der Waals surface area contributed by atoms with E-state index in [1.807, 2.05) is 0 Å². The molecule has 3 rings (SSSR count). The molecule has 0 aliphatic rings. The number of nitro groups is 1. The van der Waals surface area contributed by atoms with Gasteiger partial charge in [0.25, 0.3) is 11.6 Å². The van der Waals surface area contributed by atoms with Crippen molar-refractivity contribution in [2.45, 2.75) is 0 Å². The summed E-state index contributed by atoms with van der Waals surface area (Å²) >= 11 is 3.32. The first-order chi connectivity index (χ1) is 11.5. The Morgan fingerprint density at radius 3 is 2.46 bits per heavy atom. The van der Waals surface area contributed by atoms with Crippen LogP contribution in [0.4, 0.5) is 11.4 Å². The van der Waals surface area contributed by atoms with E-state index in [0.29, 0.717) is 11.3 Å². The van der Waals surface area contributed by atoms with Gasteiger partial charge < -0.3 is 9.73 Å². The van der Waals surface area contributed by atoms with Crippen molar-refractivity contribution in [1.29, 1.82) is 0 Å². The highest BCUT2D eigenvalue weighted by atomic mass is 79.9. The molecule has 0 aliphatic heterocycles. The predicted octanol–water partition coefficient (Wildman–Crippen LogP) is 4.87. The van der Waals surface area contributed by atoms with Gasteiger partial charge in [0.1, 0.15) is 5.76 Å². The number of rotatable bonds is 4. The second-order valence-corrected chi connectivity index (χ2v) is 5.81. The normalized spacial score (nSPS) is 10.4. The lowest BCUT2D eigenvalue weighted by Crippen LogP contribution is -2.10. The fourth-order valence-electron chi connectivity index (χ4n) is 2.17. The Balaban J connectivity index is 1.84. The van der Waals surface area contributed by atoms with Gasteiger partial charge in [0.05, 0.1) is 10.5 Å². The zero-order valence-electron chi connectivity index (χ0n) is 12.2. The van der Waals surface area contributed by atoms with Gasteiger partial charge in [-0.3, -0.25) is 14.9 Å². The zero-order valence-corrected chi connectivity index (χ0v) is 13.8. The molecule has 0 atom stereocenters. The van der Waals surface area contributed by atoms with Crippen molar-refractivity contribution in [3.8, 4) is 11.3 Å². The maximum absolute atomic E-state index is 12.2. The first kappa shape index (κ1) is 15.9. The number of anilines is 1. The highest BCUT2D eigenvalue weighted by Crippen LogP contribution is 2.31. The van der Waals surface area contributed by atoms with Crippen LogP contribution in [0, 0.1) is 10.1 Å². The minimum Gasteiger partial charge on any atom is -0.451 e. The number of carbonyl (C=O) groups is 1. The first-order valence-corrected chi connectivity index (χ1v) is 7.74. The minimum atomic E-state index is -0.487. The van der Waals surface area contributed by atoms with Gasteiger partial charge in [0.15, 0.2) is 5.76 Å². The molecule has 6 nitrogen and oxygen atoms in total. The molecule has 1 heterocycles. The molecule has 1 aromatic heterocycles. The van der Waals surface area contributed by atoms with E-state index in [9.17, 15) is 14.9 Å². The van der Waals surface area contributed by atoms with Crippen molar-refractivity contribution in [2.24, 2.45) is 0 Å². The van der Waals surface area contributed by atoms with Crippen LogP contribution in [0.1, 0.15) is 10.6 Å². The van der Waals surface area contributed by atoms with E-state index < -0.39 is 10.8 Å². The molecular formula is C17H11BrN2O4. The Bertz CT molecular complexity index is 903. The van der Waals surface area contributed by atoms with Crippen LogP contribution in [0.15, 0.2) is 69.6 Å². The SMILES string of the molecule is O=C(Nc1ccc(Br)cc1)c1ccc(-c2ccccc2[N+](=O)[O-])o1. The first-order valence-electron chi connectivity index (χ1n) is 6.95. The summed E-state index contributed by atoms with van der Waals surface area (Å²) in [7, 11) is 0. The smallest absolute Gasteiger partial charge is 0.291 e. The van der Waals surface area contributed by atoms with Gasteiger partial charge in [-0.2, -0.15) is 0 Å². The molecule has 0 aliphatic carbocycles. The number of hydrogen-bond acceptors (Lipinski definition) is 4. The van der Waals surface area contributed by atoms with E-state index in [4.69, 9.17) is 4.42 Å².